The second-order valence-electron chi connectivity index (χ2n) is 8.32. The predicted molar refractivity (Wildman–Crippen MR) is 132 cm³/mol. The van der Waals surface area contributed by atoms with Crippen LogP contribution in [0.15, 0.2) is 0 Å². The van der Waals surface area contributed by atoms with Crippen molar-refractivity contribution in [2.45, 2.75) is 134 Å². The Morgan fingerprint density at radius 1 is 0.500 bits per heavy atom. The Kier molecular flexibility index (Phi) is 26.2. The molecule has 0 saturated carbocycles. The lowest BCUT2D eigenvalue weighted by Gasteiger charge is -2.05. The summed E-state index contributed by atoms with van der Waals surface area (Å²) in [7, 11) is 0. The Bertz CT molecular complexity index is 275. The summed E-state index contributed by atoms with van der Waals surface area (Å²) in [5, 5.41) is 17.8. The minimum absolute atomic E-state index is 0.329. The first-order valence-corrected chi connectivity index (χ1v) is 14.0. The summed E-state index contributed by atoms with van der Waals surface area (Å²) in [6.07, 6.45) is 27.2. The number of thiol groups is 1. The summed E-state index contributed by atoms with van der Waals surface area (Å²) in [5.41, 5.74) is -0.414. The van der Waals surface area contributed by atoms with Crippen molar-refractivity contribution in [3.63, 3.8) is 0 Å². The second kappa shape index (κ2) is 25.7. The smallest absolute Gasteiger partial charge is 0.0964 e. The number of thioether (sulfide) groups is 1. The van der Waals surface area contributed by atoms with Gasteiger partial charge in [0, 0.05) is 5.75 Å². The number of unbranched alkanes of at least 4 members (excludes halogenated alkanes) is 18. The zero-order valence-electron chi connectivity index (χ0n) is 18.6. The molecule has 0 fully saturated rings. The van der Waals surface area contributed by atoms with E-state index in [1.807, 2.05) is 11.8 Å². The van der Waals surface area contributed by atoms with Crippen LogP contribution in [0.2, 0.25) is 0 Å². The fourth-order valence-electron chi connectivity index (χ4n) is 3.70. The van der Waals surface area contributed by atoms with Crippen LogP contribution in [0.5, 0.6) is 0 Å². The van der Waals surface area contributed by atoms with Crippen LogP contribution in [0.3, 0.4) is 0 Å². The fourth-order valence-corrected chi connectivity index (χ4v) is 4.63. The summed E-state index contributed by atoms with van der Waals surface area (Å²) in [4.78, 5) is 0. The first-order chi connectivity index (χ1) is 13.8. The zero-order chi connectivity index (χ0) is 20.5. The minimum Gasteiger partial charge on any atom is -0.396 e. The normalized spacial score (nSPS) is 12.5. The van der Waals surface area contributed by atoms with E-state index in [-0.39, 0.29) is 0 Å². The quantitative estimate of drug-likeness (QED) is 0.0825. The SMILES string of the molecule is OCCSCCCCCCCCCCCCCCCCCCCCCC(O)S. The fraction of sp³-hybridized carbons (Fsp3) is 1.00. The summed E-state index contributed by atoms with van der Waals surface area (Å²) in [5.74, 6) is 2.13. The number of hydrogen-bond acceptors (Lipinski definition) is 4. The molecule has 0 radical (unpaired) electrons. The van der Waals surface area contributed by atoms with E-state index < -0.39 is 5.44 Å². The van der Waals surface area contributed by atoms with Crippen LogP contribution >= 0.6 is 24.4 Å². The van der Waals surface area contributed by atoms with Gasteiger partial charge in [-0.2, -0.15) is 11.8 Å². The Balaban J connectivity index is 2.98. The Hall–Kier alpha value is 0.620. The maximum atomic E-state index is 9.08. The van der Waals surface area contributed by atoms with E-state index in [1.54, 1.807) is 0 Å². The van der Waals surface area contributed by atoms with E-state index in [4.69, 9.17) is 10.2 Å². The highest BCUT2D eigenvalue weighted by Crippen LogP contribution is 2.15. The van der Waals surface area contributed by atoms with Crippen molar-refractivity contribution in [3.05, 3.63) is 0 Å². The van der Waals surface area contributed by atoms with Crippen LogP contribution in [0.1, 0.15) is 128 Å². The van der Waals surface area contributed by atoms with Crippen LogP contribution < -0.4 is 0 Å². The molecule has 2 N–H and O–H groups in total. The average molecular weight is 435 g/mol. The maximum absolute atomic E-state index is 9.08. The molecular weight excluding hydrogens is 384 g/mol. The van der Waals surface area contributed by atoms with E-state index in [2.05, 4.69) is 12.6 Å². The van der Waals surface area contributed by atoms with Gasteiger partial charge in [0.25, 0.3) is 0 Å². The van der Waals surface area contributed by atoms with Gasteiger partial charge in [0.15, 0.2) is 0 Å². The molecule has 0 aromatic carbocycles. The van der Waals surface area contributed by atoms with Crippen molar-refractivity contribution >= 4 is 24.4 Å². The maximum Gasteiger partial charge on any atom is 0.0964 e. The molecule has 0 aliphatic heterocycles. The molecule has 1 unspecified atom stereocenters. The summed E-state index contributed by atoms with van der Waals surface area (Å²) < 4.78 is 0. The van der Waals surface area contributed by atoms with E-state index >= 15 is 0 Å². The predicted octanol–water partition coefficient (Wildman–Crippen LogP) is 7.76. The van der Waals surface area contributed by atoms with Crippen LogP contribution in [-0.4, -0.2) is 33.8 Å². The molecule has 0 saturated heterocycles. The zero-order valence-corrected chi connectivity index (χ0v) is 20.3. The van der Waals surface area contributed by atoms with Gasteiger partial charge < -0.3 is 10.2 Å². The van der Waals surface area contributed by atoms with E-state index in [9.17, 15) is 0 Å². The lowest BCUT2D eigenvalue weighted by atomic mass is 10.0. The van der Waals surface area contributed by atoms with Crippen LogP contribution in [0.25, 0.3) is 0 Å². The molecule has 0 aliphatic carbocycles. The first-order valence-electron chi connectivity index (χ1n) is 12.3. The van der Waals surface area contributed by atoms with Gasteiger partial charge in [-0.05, 0) is 18.6 Å². The molecule has 0 rings (SSSR count). The molecule has 0 heterocycles. The van der Waals surface area contributed by atoms with Gasteiger partial charge in [-0.1, -0.05) is 116 Å². The average Bonchev–Trinajstić information content (AvgIpc) is 2.68. The van der Waals surface area contributed by atoms with Crippen molar-refractivity contribution in [1.29, 1.82) is 0 Å². The van der Waals surface area contributed by atoms with E-state index in [1.165, 1.54) is 121 Å². The molecule has 0 aliphatic rings. The molecule has 0 aromatic rings. The third-order valence-corrected chi connectivity index (χ3v) is 6.79. The Labute approximate surface area is 186 Å². The minimum atomic E-state index is -0.414. The van der Waals surface area contributed by atoms with Crippen molar-refractivity contribution in [3.8, 4) is 0 Å². The lowest BCUT2D eigenvalue weighted by Crippen LogP contribution is -1.94. The molecule has 1 atom stereocenters. The first kappa shape index (κ1) is 28.6. The molecule has 28 heavy (non-hydrogen) atoms. The summed E-state index contributed by atoms with van der Waals surface area (Å²) in [6.45, 7) is 0.329. The molecule has 4 heteroatoms. The molecule has 0 bridgehead atoms. The van der Waals surface area contributed by atoms with Gasteiger partial charge in [-0.15, -0.1) is 12.6 Å². The Morgan fingerprint density at radius 3 is 1.14 bits per heavy atom. The molecule has 2 nitrogen and oxygen atoms in total. The van der Waals surface area contributed by atoms with E-state index in [0.29, 0.717) is 6.61 Å². The molecular formula is C24H50O2S2. The number of hydrogen-bond donors (Lipinski definition) is 3. The van der Waals surface area contributed by atoms with Gasteiger partial charge in [-0.3, -0.25) is 0 Å². The monoisotopic (exact) mass is 434 g/mol. The van der Waals surface area contributed by atoms with Gasteiger partial charge in [-0.25, -0.2) is 0 Å². The highest BCUT2D eigenvalue weighted by Gasteiger charge is 1.97. The lowest BCUT2D eigenvalue weighted by molar-refractivity contribution is 0.249. The molecule has 170 valence electrons. The topological polar surface area (TPSA) is 40.5 Å². The van der Waals surface area contributed by atoms with Gasteiger partial charge in [0.1, 0.15) is 0 Å². The van der Waals surface area contributed by atoms with Crippen molar-refractivity contribution in [1.82, 2.24) is 0 Å². The number of rotatable bonds is 24. The van der Waals surface area contributed by atoms with Crippen LogP contribution in [0, 0.1) is 0 Å². The van der Waals surface area contributed by atoms with Crippen molar-refractivity contribution in [2.75, 3.05) is 18.1 Å². The molecule has 0 amide bonds. The molecule has 0 spiro atoms. The third kappa shape index (κ3) is 26.6. The standard InChI is InChI=1S/C24H50O2S2/c25-21-23-28-22-19-17-15-13-11-9-7-5-3-1-2-4-6-8-10-12-14-16-18-20-24(26)27/h24-27H,1-23H2. The molecule has 0 aromatic heterocycles. The highest BCUT2D eigenvalue weighted by atomic mass is 32.2. The highest BCUT2D eigenvalue weighted by molar-refractivity contribution is 7.99. The van der Waals surface area contributed by atoms with Crippen LogP contribution in [0.4, 0.5) is 0 Å². The summed E-state index contributed by atoms with van der Waals surface area (Å²) in [6, 6.07) is 0. The van der Waals surface area contributed by atoms with Gasteiger partial charge in [0.2, 0.25) is 0 Å². The van der Waals surface area contributed by atoms with Crippen molar-refractivity contribution < 1.29 is 10.2 Å². The Morgan fingerprint density at radius 2 is 0.821 bits per heavy atom. The second-order valence-corrected chi connectivity index (χ2v) is 10.1. The number of aliphatic hydroxyl groups is 2. The van der Waals surface area contributed by atoms with Crippen LogP contribution in [-0.2, 0) is 0 Å². The largest absolute Gasteiger partial charge is 0.396 e. The number of aliphatic hydroxyl groups excluding tert-OH is 2. The van der Waals surface area contributed by atoms with Gasteiger partial charge in [0.05, 0.1) is 12.0 Å². The van der Waals surface area contributed by atoms with E-state index in [0.717, 1.165) is 18.6 Å². The summed E-state index contributed by atoms with van der Waals surface area (Å²) >= 11 is 5.88. The third-order valence-electron chi connectivity index (χ3n) is 5.49. The van der Waals surface area contributed by atoms with Crippen molar-refractivity contribution in [2.24, 2.45) is 0 Å². The van der Waals surface area contributed by atoms with Gasteiger partial charge >= 0.3 is 0 Å².